The molecule has 0 spiro atoms. The van der Waals surface area contributed by atoms with E-state index in [-0.39, 0.29) is 12.5 Å². The molecule has 5 nitrogen and oxygen atoms in total. The van der Waals surface area contributed by atoms with Crippen molar-refractivity contribution in [3.63, 3.8) is 0 Å². The highest BCUT2D eigenvalue weighted by Crippen LogP contribution is 2.39. The molecule has 0 aromatic heterocycles. The van der Waals surface area contributed by atoms with Crippen molar-refractivity contribution >= 4 is 17.5 Å². The fourth-order valence-corrected chi connectivity index (χ4v) is 3.25. The van der Waals surface area contributed by atoms with Crippen molar-refractivity contribution in [1.82, 2.24) is 4.90 Å². The highest BCUT2D eigenvalue weighted by atomic mass is 35.5. The molecule has 1 N–H and O–H groups in total. The summed E-state index contributed by atoms with van der Waals surface area (Å²) in [5.74, 6) is 0.436. The van der Waals surface area contributed by atoms with E-state index < -0.39 is 11.0 Å². The maximum Gasteiger partial charge on any atom is 0.254 e. The third-order valence-corrected chi connectivity index (χ3v) is 4.88. The molecule has 1 saturated heterocycles. The van der Waals surface area contributed by atoms with E-state index in [9.17, 15) is 9.90 Å². The van der Waals surface area contributed by atoms with Gasteiger partial charge in [0.1, 0.15) is 5.75 Å². The van der Waals surface area contributed by atoms with Gasteiger partial charge in [-0.3, -0.25) is 4.79 Å². The molecule has 1 aliphatic rings. The molecule has 1 aromatic rings. The minimum Gasteiger partial charge on any atom is -0.497 e. The molecular weight excluding hydrogens is 318 g/mol. The maximum atomic E-state index is 12.8. The quantitative estimate of drug-likeness (QED) is 0.914. The van der Waals surface area contributed by atoms with Crippen LogP contribution in [-0.2, 0) is 4.74 Å². The maximum absolute atomic E-state index is 12.8. The summed E-state index contributed by atoms with van der Waals surface area (Å²) in [5.41, 5.74) is -0.924. The van der Waals surface area contributed by atoms with Crippen LogP contribution in [0, 0.1) is 5.41 Å². The normalized spacial score (nSPS) is 23.7. The number of ether oxygens (including phenoxy) is 2. The second kappa shape index (κ2) is 6.67. The van der Waals surface area contributed by atoms with Crippen LogP contribution in [0.3, 0.4) is 0 Å². The molecule has 1 atom stereocenters. The van der Waals surface area contributed by atoms with Crippen molar-refractivity contribution < 1.29 is 19.4 Å². The highest BCUT2D eigenvalue weighted by Gasteiger charge is 2.48. The number of benzene rings is 1. The third kappa shape index (κ3) is 3.62. The number of piperidine rings is 1. The summed E-state index contributed by atoms with van der Waals surface area (Å²) in [6.45, 7) is 5.07. The molecule has 0 saturated carbocycles. The first-order chi connectivity index (χ1) is 10.7. The van der Waals surface area contributed by atoms with E-state index in [4.69, 9.17) is 21.1 Å². The van der Waals surface area contributed by atoms with Crippen LogP contribution in [0.4, 0.5) is 0 Å². The molecule has 0 radical (unpaired) electrons. The van der Waals surface area contributed by atoms with Crippen molar-refractivity contribution in [3.8, 4) is 5.75 Å². The molecule has 1 unspecified atom stereocenters. The van der Waals surface area contributed by atoms with Gasteiger partial charge in [-0.25, -0.2) is 0 Å². The van der Waals surface area contributed by atoms with E-state index in [0.29, 0.717) is 35.8 Å². The zero-order valence-electron chi connectivity index (χ0n) is 14.1. The lowest BCUT2D eigenvalue weighted by molar-refractivity contribution is -0.144. The number of rotatable bonds is 4. The van der Waals surface area contributed by atoms with Gasteiger partial charge in [-0.1, -0.05) is 25.4 Å². The fourth-order valence-electron chi connectivity index (χ4n) is 3.03. The summed E-state index contributed by atoms with van der Waals surface area (Å²) >= 11 is 6.05. The Morgan fingerprint density at radius 2 is 2.04 bits per heavy atom. The average molecular weight is 342 g/mol. The predicted octanol–water partition coefficient (Wildman–Crippen LogP) is 2.60. The zero-order chi connectivity index (χ0) is 17.3. The Morgan fingerprint density at radius 1 is 1.35 bits per heavy atom. The summed E-state index contributed by atoms with van der Waals surface area (Å²) in [5, 5.41) is 11.2. The number of methoxy groups -OCH3 is 2. The lowest BCUT2D eigenvalue weighted by atomic mass is 9.70. The van der Waals surface area contributed by atoms with Gasteiger partial charge in [0.05, 0.1) is 19.3 Å². The third-order valence-electron chi connectivity index (χ3n) is 4.67. The fraction of sp³-hybridized carbons (Fsp3) is 0.588. The second-order valence-corrected chi connectivity index (χ2v) is 7.14. The van der Waals surface area contributed by atoms with Gasteiger partial charge >= 0.3 is 0 Å². The van der Waals surface area contributed by atoms with Crippen molar-refractivity contribution in [2.45, 2.75) is 25.9 Å². The van der Waals surface area contributed by atoms with Crippen molar-refractivity contribution in [1.29, 1.82) is 0 Å². The Hall–Kier alpha value is -1.30. The molecule has 23 heavy (non-hydrogen) atoms. The SMILES string of the molecule is COCC1(O)CCN(C(=O)c2cc(Cl)cc(OC)c2)CC1(C)C. The largest absolute Gasteiger partial charge is 0.497 e. The number of hydrogen-bond donors (Lipinski definition) is 1. The number of carbonyl (C=O) groups excluding carboxylic acids is 1. The number of halogens is 1. The molecule has 6 heteroatoms. The number of nitrogens with zero attached hydrogens (tertiary/aromatic N) is 1. The van der Waals surface area contributed by atoms with Gasteiger partial charge in [0.25, 0.3) is 5.91 Å². The number of hydrogen-bond acceptors (Lipinski definition) is 4. The average Bonchev–Trinajstić information content (AvgIpc) is 2.49. The Kier molecular flexibility index (Phi) is 5.23. The van der Waals surface area contributed by atoms with E-state index in [2.05, 4.69) is 0 Å². The van der Waals surface area contributed by atoms with Gasteiger partial charge in [0.15, 0.2) is 0 Å². The molecule has 128 valence electrons. The molecule has 2 rings (SSSR count). The first kappa shape index (κ1) is 18.0. The molecule has 1 amide bonds. The van der Waals surface area contributed by atoms with Crippen molar-refractivity contribution in [2.24, 2.45) is 5.41 Å². The summed E-state index contributed by atoms with van der Waals surface area (Å²) < 4.78 is 10.3. The number of likely N-dealkylation sites (tertiary alicyclic amines) is 1. The van der Waals surface area contributed by atoms with Crippen LogP contribution in [0.5, 0.6) is 5.75 Å². The standard InChI is InChI=1S/C17H24ClNO4/c1-16(2)10-19(6-5-17(16,21)11-22-3)15(20)12-7-13(18)9-14(8-12)23-4/h7-9,21H,5-6,10-11H2,1-4H3. The number of amides is 1. The van der Waals surface area contributed by atoms with Crippen LogP contribution < -0.4 is 4.74 Å². The van der Waals surface area contributed by atoms with E-state index in [1.54, 1.807) is 30.2 Å². The van der Waals surface area contributed by atoms with E-state index in [1.165, 1.54) is 7.11 Å². The van der Waals surface area contributed by atoms with Crippen LogP contribution in [-0.4, -0.2) is 55.4 Å². The van der Waals surface area contributed by atoms with Crippen LogP contribution in [0.15, 0.2) is 18.2 Å². The highest BCUT2D eigenvalue weighted by molar-refractivity contribution is 6.31. The molecule has 1 fully saturated rings. The first-order valence-electron chi connectivity index (χ1n) is 7.57. The molecule has 1 aliphatic heterocycles. The van der Waals surface area contributed by atoms with Gasteiger partial charge in [0.2, 0.25) is 0 Å². The Balaban J connectivity index is 2.21. The minimum absolute atomic E-state index is 0.113. The monoisotopic (exact) mass is 341 g/mol. The lowest BCUT2D eigenvalue weighted by Gasteiger charge is -2.49. The van der Waals surface area contributed by atoms with Gasteiger partial charge < -0.3 is 19.5 Å². The van der Waals surface area contributed by atoms with Crippen LogP contribution in [0.25, 0.3) is 0 Å². The van der Waals surface area contributed by atoms with Gasteiger partial charge in [-0.2, -0.15) is 0 Å². The number of aliphatic hydroxyl groups is 1. The Bertz CT molecular complexity index is 590. The molecular formula is C17H24ClNO4. The molecule has 0 bridgehead atoms. The first-order valence-corrected chi connectivity index (χ1v) is 7.95. The zero-order valence-corrected chi connectivity index (χ0v) is 14.8. The topological polar surface area (TPSA) is 59.0 Å². The number of carbonyl (C=O) groups is 1. The Morgan fingerprint density at radius 3 is 2.61 bits per heavy atom. The van der Waals surface area contributed by atoms with Crippen molar-refractivity contribution in [2.75, 3.05) is 33.9 Å². The lowest BCUT2D eigenvalue weighted by Crippen LogP contribution is -2.60. The van der Waals surface area contributed by atoms with E-state index in [0.717, 1.165) is 0 Å². The summed E-state index contributed by atoms with van der Waals surface area (Å²) in [6, 6.07) is 4.97. The summed E-state index contributed by atoms with van der Waals surface area (Å²) in [4.78, 5) is 14.5. The second-order valence-electron chi connectivity index (χ2n) is 6.70. The van der Waals surface area contributed by atoms with Crippen molar-refractivity contribution in [3.05, 3.63) is 28.8 Å². The van der Waals surface area contributed by atoms with E-state index in [1.807, 2.05) is 13.8 Å². The minimum atomic E-state index is -0.940. The predicted molar refractivity (Wildman–Crippen MR) is 89.1 cm³/mol. The summed E-state index contributed by atoms with van der Waals surface area (Å²) in [6.07, 6.45) is 0.470. The molecule has 1 heterocycles. The van der Waals surface area contributed by atoms with Crippen LogP contribution >= 0.6 is 11.6 Å². The molecule has 1 aromatic carbocycles. The van der Waals surface area contributed by atoms with Gasteiger partial charge in [0, 0.05) is 36.2 Å². The summed E-state index contributed by atoms with van der Waals surface area (Å²) in [7, 11) is 3.11. The molecule has 0 aliphatic carbocycles. The van der Waals surface area contributed by atoms with Gasteiger partial charge in [-0.15, -0.1) is 0 Å². The smallest absolute Gasteiger partial charge is 0.254 e. The van der Waals surface area contributed by atoms with Gasteiger partial charge in [-0.05, 0) is 24.6 Å². The van der Waals surface area contributed by atoms with Crippen LogP contribution in [0.2, 0.25) is 5.02 Å². The van der Waals surface area contributed by atoms with Crippen LogP contribution in [0.1, 0.15) is 30.6 Å². The Labute approximate surface area is 142 Å². The van der Waals surface area contributed by atoms with E-state index >= 15 is 0 Å².